The van der Waals surface area contributed by atoms with Gasteiger partial charge in [-0.05, 0) is 37.6 Å². The van der Waals surface area contributed by atoms with Crippen LogP contribution in [0.4, 0.5) is 4.39 Å². The van der Waals surface area contributed by atoms with Gasteiger partial charge in [-0.2, -0.15) is 0 Å². The zero-order chi connectivity index (χ0) is 17.7. The molecule has 1 saturated carbocycles. The minimum atomic E-state index is -0.515. The van der Waals surface area contributed by atoms with E-state index < -0.39 is 5.82 Å². The number of hydrogen-bond donors (Lipinski definition) is 0. The molecule has 25 heavy (non-hydrogen) atoms. The summed E-state index contributed by atoms with van der Waals surface area (Å²) in [5.41, 5.74) is 1.11. The van der Waals surface area contributed by atoms with Crippen molar-refractivity contribution in [1.29, 1.82) is 0 Å². The molecule has 2 atom stereocenters. The van der Waals surface area contributed by atoms with E-state index in [0.717, 1.165) is 0 Å². The summed E-state index contributed by atoms with van der Waals surface area (Å²) in [6.07, 6.45) is 0.498. The van der Waals surface area contributed by atoms with Crippen LogP contribution in [0.5, 0.6) is 5.75 Å². The first-order valence-corrected chi connectivity index (χ1v) is 8.50. The predicted molar refractivity (Wildman–Crippen MR) is 90.7 cm³/mol. The molecule has 1 aliphatic carbocycles. The topological polar surface area (TPSA) is 46.6 Å². The monoisotopic (exact) mass is 359 g/mol. The molecule has 0 bridgehead atoms. The highest BCUT2D eigenvalue weighted by molar-refractivity contribution is 6.31. The fourth-order valence-electron chi connectivity index (χ4n) is 3.44. The van der Waals surface area contributed by atoms with Crippen LogP contribution in [0.15, 0.2) is 36.4 Å². The van der Waals surface area contributed by atoms with E-state index in [0.29, 0.717) is 29.7 Å². The van der Waals surface area contributed by atoms with E-state index in [2.05, 4.69) is 0 Å². The van der Waals surface area contributed by atoms with E-state index in [-0.39, 0.29) is 34.5 Å². The standard InChI is InChI=1S/C19H15ClFNO3/c1-2-25-15-8-7-13(20)16(17(15)21)12-9-14(12)22-18(23)10-5-3-4-6-11(10)19(22)24/h3-8,12,14H,2,9H2,1H3/t12-,14+/m0/s1. The Hall–Kier alpha value is -2.40. The molecule has 2 aromatic carbocycles. The van der Waals surface area contributed by atoms with Crippen molar-refractivity contribution in [3.05, 3.63) is 63.9 Å². The summed E-state index contributed by atoms with van der Waals surface area (Å²) in [6.45, 7) is 2.11. The molecule has 4 nitrogen and oxygen atoms in total. The number of ether oxygens (including phenoxy) is 1. The van der Waals surface area contributed by atoms with Crippen molar-refractivity contribution in [2.75, 3.05) is 6.61 Å². The lowest BCUT2D eigenvalue weighted by Gasteiger charge is -2.15. The number of carbonyl (C=O) groups is 2. The Morgan fingerprint density at radius 2 is 1.80 bits per heavy atom. The molecule has 4 rings (SSSR count). The number of benzene rings is 2. The Morgan fingerprint density at radius 1 is 1.16 bits per heavy atom. The molecular formula is C19H15ClFNO3. The average Bonchev–Trinajstić information content (AvgIpc) is 3.32. The number of halogens is 2. The molecule has 0 spiro atoms. The lowest BCUT2D eigenvalue weighted by molar-refractivity contribution is 0.0639. The molecule has 1 fully saturated rings. The van der Waals surface area contributed by atoms with Crippen molar-refractivity contribution < 1.29 is 18.7 Å². The molecule has 0 saturated heterocycles. The lowest BCUT2D eigenvalue weighted by Crippen LogP contribution is -2.32. The van der Waals surface area contributed by atoms with Gasteiger partial charge in [0.05, 0.1) is 17.7 Å². The first-order valence-electron chi connectivity index (χ1n) is 8.12. The zero-order valence-corrected chi connectivity index (χ0v) is 14.2. The molecule has 6 heteroatoms. The maximum absolute atomic E-state index is 14.7. The van der Waals surface area contributed by atoms with Crippen LogP contribution in [-0.4, -0.2) is 29.4 Å². The Balaban J connectivity index is 1.65. The van der Waals surface area contributed by atoms with Crippen LogP contribution in [0.3, 0.4) is 0 Å². The summed E-state index contributed by atoms with van der Waals surface area (Å²) in [5.74, 6) is -1.35. The van der Waals surface area contributed by atoms with Crippen LogP contribution >= 0.6 is 11.6 Å². The van der Waals surface area contributed by atoms with Crippen molar-refractivity contribution in [1.82, 2.24) is 4.90 Å². The quantitative estimate of drug-likeness (QED) is 0.774. The number of imide groups is 1. The van der Waals surface area contributed by atoms with Gasteiger partial charge in [0.15, 0.2) is 11.6 Å². The van der Waals surface area contributed by atoms with Crippen LogP contribution in [0.1, 0.15) is 45.5 Å². The SMILES string of the molecule is CCOc1ccc(Cl)c([C@H]2C[C@H]2N2C(=O)c3ccccc3C2=O)c1F. The molecule has 2 aliphatic rings. The fourth-order valence-corrected chi connectivity index (χ4v) is 3.73. The minimum absolute atomic E-state index is 0.134. The summed E-state index contributed by atoms with van der Waals surface area (Å²) in [4.78, 5) is 26.4. The van der Waals surface area contributed by atoms with Gasteiger partial charge in [-0.25, -0.2) is 4.39 Å². The maximum Gasteiger partial charge on any atom is 0.261 e. The summed E-state index contributed by atoms with van der Waals surface area (Å²) < 4.78 is 20.0. The van der Waals surface area contributed by atoms with E-state index in [1.54, 1.807) is 37.3 Å². The van der Waals surface area contributed by atoms with Gasteiger partial charge in [-0.3, -0.25) is 14.5 Å². The molecule has 0 unspecified atom stereocenters. The average molecular weight is 360 g/mol. The molecule has 2 aromatic rings. The molecule has 1 aliphatic heterocycles. The van der Waals surface area contributed by atoms with Gasteiger partial charge in [-0.15, -0.1) is 0 Å². The second-order valence-electron chi connectivity index (χ2n) is 6.14. The second-order valence-corrected chi connectivity index (χ2v) is 6.55. The molecule has 0 aromatic heterocycles. The highest BCUT2D eigenvalue weighted by atomic mass is 35.5. The third-order valence-electron chi connectivity index (χ3n) is 4.68. The summed E-state index contributed by atoms with van der Waals surface area (Å²) >= 11 is 6.19. The molecule has 0 radical (unpaired) electrons. The molecule has 0 N–H and O–H groups in total. The normalized spacial score (nSPS) is 21.5. The summed E-state index contributed by atoms with van der Waals surface area (Å²) in [5, 5.41) is 0.282. The van der Waals surface area contributed by atoms with E-state index in [1.807, 2.05) is 0 Å². The molecule has 128 valence electrons. The fraction of sp³-hybridized carbons (Fsp3) is 0.263. The van der Waals surface area contributed by atoms with E-state index in [9.17, 15) is 14.0 Å². The van der Waals surface area contributed by atoms with Gasteiger partial charge in [0.2, 0.25) is 0 Å². The van der Waals surface area contributed by atoms with Crippen LogP contribution < -0.4 is 4.74 Å². The van der Waals surface area contributed by atoms with E-state index in [1.165, 1.54) is 11.0 Å². The van der Waals surface area contributed by atoms with E-state index >= 15 is 0 Å². The molecule has 1 heterocycles. The molecule has 2 amide bonds. The van der Waals surface area contributed by atoms with Crippen molar-refractivity contribution in [3.8, 4) is 5.75 Å². The molecular weight excluding hydrogens is 345 g/mol. The first kappa shape index (κ1) is 16.1. The van der Waals surface area contributed by atoms with Crippen molar-refractivity contribution >= 4 is 23.4 Å². The lowest BCUT2D eigenvalue weighted by atomic mass is 10.1. The Bertz CT molecular complexity index is 863. The van der Waals surface area contributed by atoms with E-state index in [4.69, 9.17) is 16.3 Å². The van der Waals surface area contributed by atoms with Gasteiger partial charge in [0.1, 0.15) is 0 Å². The van der Waals surface area contributed by atoms with Crippen LogP contribution in [0.25, 0.3) is 0 Å². The highest BCUT2D eigenvalue weighted by Crippen LogP contribution is 2.51. The number of nitrogens with zero attached hydrogens (tertiary/aromatic N) is 1. The Kier molecular flexibility index (Phi) is 3.76. The number of carbonyl (C=O) groups excluding carboxylic acids is 2. The zero-order valence-electron chi connectivity index (χ0n) is 13.5. The van der Waals surface area contributed by atoms with Gasteiger partial charge in [-0.1, -0.05) is 23.7 Å². The Labute approximate surface area is 149 Å². The smallest absolute Gasteiger partial charge is 0.261 e. The largest absolute Gasteiger partial charge is 0.491 e. The third-order valence-corrected chi connectivity index (χ3v) is 5.01. The van der Waals surface area contributed by atoms with Crippen molar-refractivity contribution in [2.24, 2.45) is 0 Å². The Morgan fingerprint density at radius 3 is 2.40 bits per heavy atom. The number of rotatable bonds is 4. The van der Waals surface area contributed by atoms with Gasteiger partial charge >= 0.3 is 0 Å². The van der Waals surface area contributed by atoms with Crippen molar-refractivity contribution in [2.45, 2.75) is 25.3 Å². The first-order chi connectivity index (χ1) is 12.0. The highest BCUT2D eigenvalue weighted by Gasteiger charge is 2.52. The van der Waals surface area contributed by atoms with Crippen molar-refractivity contribution in [3.63, 3.8) is 0 Å². The summed E-state index contributed by atoms with van der Waals surface area (Å²) in [6, 6.07) is 9.41. The second kappa shape index (κ2) is 5.85. The number of hydrogen-bond acceptors (Lipinski definition) is 3. The van der Waals surface area contributed by atoms with Gasteiger partial charge in [0, 0.05) is 22.5 Å². The number of fused-ring (bicyclic) bond motifs is 1. The van der Waals surface area contributed by atoms with Crippen LogP contribution in [-0.2, 0) is 0 Å². The van der Waals surface area contributed by atoms with Gasteiger partial charge in [0.25, 0.3) is 11.8 Å². The summed E-state index contributed by atoms with van der Waals surface area (Å²) in [7, 11) is 0. The van der Waals surface area contributed by atoms with Gasteiger partial charge < -0.3 is 4.74 Å². The predicted octanol–water partition coefficient (Wildman–Crippen LogP) is 4.03. The number of amides is 2. The van der Waals surface area contributed by atoms with Crippen LogP contribution in [0.2, 0.25) is 5.02 Å². The minimum Gasteiger partial charge on any atom is -0.491 e. The third kappa shape index (κ3) is 2.42. The van der Waals surface area contributed by atoms with Crippen LogP contribution in [0, 0.1) is 5.82 Å². The maximum atomic E-state index is 14.7.